The van der Waals surface area contributed by atoms with E-state index < -0.39 is 0 Å². The molecule has 0 atom stereocenters. The third-order valence-corrected chi connectivity index (χ3v) is 4.22. The number of aromatic nitrogens is 3. The van der Waals surface area contributed by atoms with Crippen molar-refractivity contribution in [3.63, 3.8) is 0 Å². The zero-order valence-corrected chi connectivity index (χ0v) is 14.6. The van der Waals surface area contributed by atoms with Gasteiger partial charge in [0.2, 0.25) is 0 Å². The average molecular weight is 341 g/mol. The summed E-state index contributed by atoms with van der Waals surface area (Å²) in [5.74, 6) is 0. The Balaban J connectivity index is 1.50. The van der Waals surface area contributed by atoms with Crippen LogP contribution < -0.4 is 4.74 Å². The fourth-order valence-electron chi connectivity index (χ4n) is 2.88. The topological polar surface area (TPSA) is 47.9 Å². The SMILES string of the molecule is Cc1cccc(-c2ccc3nc(OCCc4ccccn4)ncc3c2)c1. The largest absolute Gasteiger partial charge is 0.463 e. The van der Waals surface area contributed by atoms with Gasteiger partial charge in [-0.2, -0.15) is 4.98 Å². The van der Waals surface area contributed by atoms with Crippen LogP contribution in [0.25, 0.3) is 22.0 Å². The molecular weight excluding hydrogens is 322 g/mol. The fraction of sp³-hybridized carbons (Fsp3) is 0.136. The Morgan fingerprint density at radius 2 is 1.81 bits per heavy atom. The van der Waals surface area contributed by atoms with Gasteiger partial charge in [-0.05, 0) is 42.3 Å². The van der Waals surface area contributed by atoms with Crippen molar-refractivity contribution in [2.24, 2.45) is 0 Å². The lowest BCUT2D eigenvalue weighted by Crippen LogP contribution is -2.05. The molecule has 0 amide bonds. The molecule has 4 heteroatoms. The minimum Gasteiger partial charge on any atom is -0.463 e. The first kappa shape index (κ1) is 16.2. The molecule has 0 radical (unpaired) electrons. The highest BCUT2D eigenvalue weighted by atomic mass is 16.5. The summed E-state index contributed by atoms with van der Waals surface area (Å²) >= 11 is 0. The Kier molecular flexibility index (Phi) is 4.56. The number of fused-ring (bicyclic) bond motifs is 1. The number of benzene rings is 2. The van der Waals surface area contributed by atoms with Crippen LogP contribution in [0.2, 0.25) is 0 Å². The molecule has 4 nitrogen and oxygen atoms in total. The molecule has 0 fully saturated rings. The third-order valence-electron chi connectivity index (χ3n) is 4.22. The Labute approximate surface area is 152 Å². The smallest absolute Gasteiger partial charge is 0.316 e. The number of hydrogen-bond acceptors (Lipinski definition) is 4. The second kappa shape index (κ2) is 7.31. The summed E-state index contributed by atoms with van der Waals surface area (Å²) in [7, 11) is 0. The fourth-order valence-corrected chi connectivity index (χ4v) is 2.88. The molecule has 0 aliphatic heterocycles. The number of ether oxygens (including phenoxy) is 1. The molecule has 0 unspecified atom stereocenters. The van der Waals surface area contributed by atoms with Gasteiger partial charge in [-0.3, -0.25) is 4.98 Å². The molecule has 4 aromatic rings. The highest BCUT2D eigenvalue weighted by molar-refractivity contribution is 5.84. The van der Waals surface area contributed by atoms with Crippen molar-refractivity contribution in [3.8, 4) is 17.1 Å². The minimum atomic E-state index is 0.400. The van der Waals surface area contributed by atoms with E-state index in [0.29, 0.717) is 12.6 Å². The van der Waals surface area contributed by atoms with Crippen molar-refractivity contribution in [1.29, 1.82) is 0 Å². The van der Waals surface area contributed by atoms with Crippen LogP contribution in [0, 0.1) is 6.92 Å². The summed E-state index contributed by atoms with van der Waals surface area (Å²) < 4.78 is 5.69. The molecule has 0 saturated heterocycles. The molecule has 128 valence electrons. The maximum atomic E-state index is 5.69. The Morgan fingerprint density at radius 3 is 2.65 bits per heavy atom. The molecule has 2 aromatic carbocycles. The van der Waals surface area contributed by atoms with Gasteiger partial charge in [0, 0.05) is 29.9 Å². The molecule has 0 bridgehead atoms. The lowest BCUT2D eigenvalue weighted by molar-refractivity contribution is 0.296. The summed E-state index contributed by atoms with van der Waals surface area (Å²) in [4.78, 5) is 13.1. The number of pyridine rings is 1. The number of nitrogens with zero attached hydrogens (tertiary/aromatic N) is 3. The van der Waals surface area contributed by atoms with Crippen LogP contribution in [0.3, 0.4) is 0 Å². The van der Waals surface area contributed by atoms with E-state index in [1.807, 2.05) is 30.5 Å². The quantitative estimate of drug-likeness (QED) is 0.531. The van der Waals surface area contributed by atoms with Crippen molar-refractivity contribution in [2.45, 2.75) is 13.3 Å². The van der Waals surface area contributed by atoms with Crippen LogP contribution in [-0.2, 0) is 6.42 Å². The highest BCUT2D eigenvalue weighted by Gasteiger charge is 2.05. The van der Waals surface area contributed by atoms with E-state index in [4.69, 9.17) is 4.74 Å². The Bertz CT molecular complexity index is 1030. The van der Waals surface area contributed by atoms with Gasteiger partial charge >= 0.3 is 6.01 Å². The van der Waals surface area contributed by atoms with Crippen molar-refractivity contribution in [1.82, 2.24) is 15.0 Å². The minimum absolute atomic E-state index is 0.400. The van der Waals surface area contributed by atoms with Gasteiger partial charge in [0.05, 0.1) is 12.1 Å². The summed E-state index contributed by atoms with van der Waals surface area (Å²) in [6.45, 7) is 2.60. The monoisotopic (exact) mass is 341 g/mol. The molecule has 0 spiro atoms. The van der Waals surface area contributed by atoms with Gasteiger partial charge in [-0.25, -0.2) is 4.98 Å². The van der Waals surface area contributed by atoms with Crippen molar-refractivity contribution < 1.29 is 4.74 Å². The van der Waals surface area contributed by atoms with Crippen LogP contribution in [0.5, 0.6) is 6.01 Å². The van der Waals surface area contributed by atoms with Gasteiger partial charge in [0.25, 0.3) is 0 Å². The third kappa shape index (κ3) is 3.70. The van der Waals surface area contributed by atoms with E-state index >= 15 is 0 Å². The first-order valence-corrected chi connectivity index (χ1v) is 8.64. The van der Waals surface area contributed by atoms with Gasteiger partial charge in [0.15, 0.2) is 0 Å². The summed E-state index contributed by atoms with van der Waals surface area (Å²) in [6.07, 6.45) is 4.33. The zero-order valence-electron chi connectivity index (χ0n) is 14.6. The first-order valence-electron chi connectivity index (χ1n) is 8.64. The van der Waals surface area contributed by atoms with Crippen molar-refractivity contribution in [2.75, 3.05) is 6.61 Å². The Hall–Kier alpha value is -3.27. The lowest BCUT2D eigenvalue weighted by Gasteiger charge is -2.07. The van der Waals surface area contributed by atoms with E-state index in [-0.39, 0.29) is 0 Å². The van der Waals surface area contributed by atoms with E-state index in [1.165, 1.54) is 11.1 Å². The maximum absolute atomic E-state index is 5.69. The van der Waals surface area contributed by atoms with Crippen LogP contribution in [0.15, 0.2) is 73.1 Å². The molecule has 0 N–H and O–H groups in total. The van der Waals surface area contributed by atoms with E-state index in [0.717, 1.165) is 28.6 Å². The van der Waals surface area contributed by atoms with Gasteiger partial charge < -0.3 is 4.74 Å². The predicted molar refractivity (Wildman–Crippen MR) is 103 cm³/mol. The van der Waals surface area contributed by atoms with Crippen LogP contribution in [0.4, 0.5) is 0 Å². The zero-order chi connectivity index (χ0) is 17.8. The molecule has 2 heterocycles. The first-order chi connectivity index (χ1) is 12.8. The molecule has 0 aliphatic rings. The average Bonchev–Trinajstić information content (AvgIpc) is 2.68. The van der Waals surface area contributed by atoms with Crippen molar-refractivity contribution in [3.05, 3.63) is 84.3 Å². The summed E-state index contributed by atoms with van der Waals surface area (Å²) in [6, 6.07) is 20.9. The van der Waals surface area contributed by atoms with E-state index in [9.17, 15) is 0 Å². The van der Waals surface area contributed by atoms with Gasteiger partial charge in [0.1, 0.15) is 0 Å². The standard InChI is InChI=1S/C22H19N3O/c1-16-5-4-6-17(13-16)18-8-9-21-19(14-18)15-24-22(25-21)26-12-10-20-7-2-3-11-23-20/h2-9,11,13-15H,10,12H2,1H3. The lowest BCUT2D eigenvalue weighted by atomic mass is 10.0. The molecule has 0 aliphatic carbocycles. The number of hydrogen-bond donors (Lipinski definition) is 0. The second-order valence-electron chi connectivity index (χ2n) is 6.22. The normalized spacial score (nSPS) is 10.8. The molecule has 2 aromatic heterocycles. The Morgan fingerprint density at radius 1 is 0.885 bits per heavy atom. The molecule has 4 rings (SSSR count). The molecule has 0 saturated carbocycles. The van der Waals surface area contributed by atoms with Crippen LogP contribution >= 0.6 is 0 Å². The molecule has 26 heavy (non-hydrogen) atoms. The predicted octanol–water partition coefficient (Wildman–Crippen LogP) is 4.62. The van der Waals surface area contributed by atoms with E-state index in [2.05, 4.69) is 58.3 Å². The highest BCUT2D eigenvalue weighted by Crippen LogP contribution is 2.24. The summed E-state index contributed by atoms with van der Waals surface area (Å²) in [5.41, 5.74) is 5.48. The van der Waals surface area contributed by atoms with Crippen molar-refractivity contribution >= 4 is 10.9 Å². The van der Waals surface area contributed by atoms with E-state index in [1.54, 1.807) is 6.20 Å². The second-order valence-corrected chi connectivity index (χ2v) is 6.22. The van der Waals surface area contributed by atoms with Gasteiger partial charge in [-0.1, -0.05) is 42.0 Å². The van der Waals surface area contributed by atoms with Gasteiger partial charge in [-0.15, -0.1) is 0 Å². The summed E-state index contributed by atoms with van der Waals surface area (Å²) in [5, 5.41) is 1.00. The molecular formula is C22H19N3O. The number of aryl methyl sites for hydroxylation is 1. The van der Waals surface area contributed by atoms with Crippen LogP contribution in [-0.4, -0.2) is 21.6 Å². The van der Waals surface area contributed by atoms with Crippen LogP contribution in [0.1, 0.15) is 11.3 Å². The maximum Gasteiger partial charge on any atom is 0.316 e. The number of rotatable bonds is 5.